The van der Waals surface area contributed by atoms with E-state index in [4.69, 9.17) is 9.15 Å². The van der Waals surface area contributed by atoms with E-state index in [1.165, 1.54) is 0 Å². The number of hydrogen-bond donors (Lipinski definition) is 1. The monoisotopic (exact) mass is 386 g/mol. The molecule has 0 atom stereocenters. The zero-order valence-corrected chi connectivity index (χ0v) is 15.7. The van der Waals surface area contributed by atoms with Gasteiger partial charge in [-0.3, -0.25) is 14.9 Å². The second-order valence-corrected chi connectivity index (χ2v) is 6.58. The van der Waals surface area contributed by atoms with Gasteiger partial charge in [-0.2, -0.15) is 0 Å². The molecule has 0 spiro atoms. The first-order valence-corrected chi connectivity index (χ1v) is 9.07. The van der Waals surface area contributed by atoms with Gasteiger partial charge < -0.3 is 13.7 Å². The van der Waals surface area contributed by atoms with Crippen LogP contribution in [-0.4, -0.2) is 39.4 Å². The number of aryl methyl sites for hydroxylation is 1. The fraction of sp³-hybridized carbons (Fsp3) is 0.222. The molecule has 1 aromatic carbocycles. The molecule has 8 nitrogen and oxygen atoms in total. The largest absolute Gasteiger partial charge is 0.497 e. The molecule has 0 saturated carbocycles. The van der Waals surface area contributed by atoms with Crippen LogP contribution in [0.2, 0.25) is 0 Å². The van der Waals surface area contributed by atoms with Crippen LogP contribution >= 0.6 is 11.8 Å². The third-order valence-electron chi connectivity index (χ3n) is 3.72. The molecule has 27 heavy (non-hydrogen) atoms. The van der Waals surface area contributed by atoms with Crippen molar-refractivity contribution >= 4 is 23.6 Å². The average molecular weight is 386 g/mol. The second kappa shape index (κ2) is 8.54. The Morgan fingerprint density at radius 1 is 1.22 bits per heavy atom. The van der Waals surface area contributed by atoms with Crippen LogP contribution in [0, 0.1) is 0 Å². The topological polar surface area (TPSA) is 99.3 Å². The minimum absolute atomic E-state index is 0.000329. The van der Waals surface area contributed by atoms with Crippen molar-refractivity contribution < 1.29 is 18.7 Å². The van der Waals surface area contributed by atoms with Gasteiger partial charge in [0.1, 0.15) is 11.4 Å². The number of nitrogens with zero attached hydrogens (tertiary/aromatic N) is 3. The Hall–Kier alpha value is -3.07. The van der Waals surface area contributed by atoms with Gasteiger partial charge in [-0.1, -0.05) is 23.9 Å². The van der Waals surface area contributed by atoms with Crippen LogP contribution in [0.3, 0.4) is 0 Å². The van der Waals surface area contributed by atoms with E-state index in [1.54, 1.807) is 37.1 Å². The maximum atomic E-state index is 12.0. The zero-order chi connectivity index (χ0) is 19.2. The van der Waals surface area contributed by atoms with Crippen molar-refractivity contribution in [1.29, 1.82) is 0 Å². The zero-order valence-electron chi connectivity index (χ0n) is 14.8. The number of amides is 2. The lowest BCUT2D eigenvalue weighted by Crippen LogP contribution is -2.32. The number of carbonyl (C=O) groups is 2. The molecular weight excluding hydrogens is 368 g/mol. The Bertz CT molecular complexity index is 933. The quantitative estimate of drug-likeness (QED) is 0.621. The van der Waals surface area contributed by atoms with E-state index < -0.39 is 11.8 Å². The van der Waals surface area contributed by atoms with Crippen molar-refractivity contribution in [3.05, 3.63) is 59.7 Å². The molecule has 2 amide bonds. The number of benzene rings is 1. The summed E-state index contributed by atoms with van der Waals surface area (Å²) in [6.07, 6.45) is 2.21. The molecule has 0 aliphatic carbocycles. The highest BCUT2D eigenvalue weighted by atomic mass is 32.2. The Morgan fingerprint density at radius 3 is 2.67 bits per heavy atom. The fourth-order valence-corrected chi connectivity index (χ4v) is 2.92. The van der Waals surface area contributed by atoms with Crippen molar-refractivity contribution in [3.63, 3.8) is 0 Å². The van der Waals surface area contributed by atoms with Crippen molar-refractivity contribution in [2.75, 3.05) is 12.9 Å². The van der Waals surface area contributed by atoms with E-state index in [0.29, 0.717) is 18.0 Å². The van der Waals surface area contributed by atoms with Gasteiger partial charge in [0.25, 0.3) is 11.1 Å². The molecule has 2 aromatic heterocycles. The number of methoxy groups -OCH3 is 1. The molecule has 1 N–H and O–H groups in total. The molecule has 0 bridgehead atoms. The lowest BCUT2D eigenvalue weighted by atomic mass is 10.1. The number of thioether (sulfide) groups is 1. The Balaban J connectivity index is 1.49. The summed E-state index contributed by atoms with van der Waals surface area (Å²) in [4.78, 5) is 23.9. The Kier molecular flexibility index (Phi) is 5.92. The predicted octanol–water partition coefficient (Wildman–Crippen LogP) is 2.06. The highest BCUT2D eigenvalue weighted by molar-refractivity contribution is 7.99. The van der Waals surface area contributed by atoms with Crippen molar-refractivity contribution in [3.8, 4) is 5.75 Å². The molecule has 3 aromatic rings. The minimum Gasteiger partial charge on any atom is -0.497 e. The second-order valence-electron chi connectivity index (χ2n) is 5.66. The van der Waals surface area contributed by atoms with Crippen LogP contribution in [0.5, 0.6) is 5.75 Å². The van der Waals surface area contributed by atoms with Crippen LogP contribution in [0.1, 0.15) is 21.9 Å². The summed E-state index contributed by atoms with van der Waals surface area (Å²) >= 11 is 1.08. The highest BCUT2D eigenvalue weighted by Crippen LogP contribution is 2.19. The molecule has 0 radical (unpaired) electrons. The number of hydrogen-bond acceptors (Lipinski definition) is 7. The van der Waals surface area contributed by atoms with Gasteiger partial charge in [-0.15, -0.1) is 10.2 Å². The summed E-state index contributed by atoms with van der Waals surface area (Å²) in [5, 5.41) is 10.5. The molecule has 0 fully saturated rings. The highest BCUT2D eigenvalue weighted by Gasteiger charge is 2.15. The third-order valence-corrected chi connectivity index (χ3v) is 4.54. The summed E-state index contributed by atoms with van der Waals surface area (Å²) in [6.45, 7) is 0. The maximum Gasteiger partial charge on any atom is 0.277 e. The lowest BCUT2D eigenvalue weighted by Gasteiger charge is -2.03. The van der Waals surface area contributed by atoms with Gasteiger partial charge in [-0.25, -0.2) is 0 Å². The first-order chi connectivity index (χ1) is 13.0. The number of ether oxygens (including phenoxy) is 1. The molecule has 140 valence electrons. The van der Waals surface area contributed by atoms with Crippen LogP contribution in [-0.2, 0) is 18.3 Å². The van der Waals surface area contributed by atoms with Gasteiger partial charge in [0.2, 0.25) is 11.8 Å². The number of nitrogens with one attached hydrogen (secondary N) is 1. The minimum atomic E-state index is -0.446. The lowest BCUT2D eigenvalue weighted by molar-refractivity contribution is -0.117. The number of rotatable bonds is 7. The van der Waals surface area contributed by atoms with E-state index in [9.17, 15) is 9.59 Å². The molecule has 0 unspecified atom stereocenters. The Morgan fingerprint density at radius 2 is 2.00 bits per heavy atom. The number of imide groups is 1. The van der Waals surface area contributed by atoms with E-state index >= 15 is 0 Å². The SMILES string of the molecule is COc1ccc(Cc2nnc(SCC(=O)NC(=O)c3cccn3C)o2)cc1. The molecule has 2 heterocycles. The van der Waals surface area contributed by atoms with Crippen molar-refractivity contribution in [2.24, 2.45) is 7.05 Å². The van der Waals surface area contributed by atoms with Gasteiger partial charge >= 0.3 is 0 Å². The molecular formula is C18H18N4O4S. The summed E-state index contributed by atoms with van der Waals surface area (Å²) < 4.78 is 12.3. The van der Waals surface area contributed by atoms with Crippen molar-refractivity contribution in [2.45, 2.75) is 11.6 Å². The van der Waals surface area contributed by atoms with Crippen LogP contribution in [0.25, 0.3) is 0 Å². The summed E-state index contributed by atoms with van der Waals surface area (Å²) in [6, 6.07) is 10.9. The van der Waals surface area contributed by atoms with E-state index in [0.717, 1.165) is 23.1 Å². The number of carbonyl (C=O) groups excluding carboxylic acids is 2. The molecule has 3 rings (SSSR count). The Labute approximate surface area is 159 Å². The van der Waals surface area contributed by atoms with Gasteiger partial charge in [0, 0.05) is 13.2 Å². The molecule has 0 saturated heterocycles. The average Bonchev–Trinajstić information content (AvgIpc) is 3.29. The third kappa shape index (κ3) is 4.98. The molecule has 0 aliphatic heterocycles. The predicted molar refractivity (Wildman–Crippen MR) is 98.7 cm³/mol. The number of aromatic nitrogens is 3. The normalized spacial score (nSPS) is 10.6. The van der Waals surface area contributed by atoms with E-state index in [2.05, 4.69) is 15.5 Å². The summed E-state index contributed by atoms with van der Waals surface area (Å²) in [7, 11) is 3.34. The smallest absolute Gasteiger partial charge is 0.277 e. The van der Waals surface area contributed by atoms with E-state index in [-0.39, 0.29) is 11.0 Å². The first-order valence-electron chi connectivity index (χ1n) is 8.09. The van der Waals surface area contributed by atoms with Crippen LogP contribution in [0.4, 0.5) is 0 Å². The molecule has 0 aliphatic rings. The standard InChI is InChI=1S/C18H18N4O4S/c1-22-9-3-4-14(22)17(24)19-15(23)11-27-18-21-20-16(26-18)10-12-5-7-13(25-2)8-6-12/h3-9H,10-11H2,1-2H3,(H,19,23,24). The fourth-order valence-electron chi connectivity index (χ4n) is 2.34. The van der Waals surface area contributed by atoms with Crippen molar-refractivity contribution in [1.82, 2.24) is 20.1 Å². The first kappa shape index (κ1) is 18.7. The van der Waals surface area contributed by atoms with Gasteiger partial charge in [0.05, 0.1) is 19.3 Å². The van der Waals surface area contributed by atoms with Gasteiger partial charge in [-0.05, 0) is 29.8 Å². The maximum absolute atomic E-state index is 12.0. The van der Waals surface area contributed by atoms with E-state index in [1.807, 2.05) is 24.3 Å². The summed E-state index contributed by atoms with van der Waals surface area (Å²) in [5.74, 6) is 0.347. The van der Waals surface area contributed by atoms with Gasteiger partial charge in [0.15, 0.2) is 0 Å². The summed E-state index contributed by atoms with van der Waals surface area (Å²) in [5.41, 5.74) is 1.41. The van der Waals surface area contributed by atoms with Crippen LogP contribution < -0.4 is 10.1 Å². The molecule has 9 heteroatoms. The van der Waals surface area contributed by atoms with Crippen LogP contribution in [0.15, 0.2) is 52.2 Å².